The van der Waals surface area contributed by atoms with Crippen LogP contribution in [0.5, 0.6) is 0 Å². The SMILES string of the molecule is CC(C)CC(I)CO. The minimum atomic E-state index is 0.318. The lowest BCUT2D eigenvalue weighted by Gasteiger charge is -2.07. The summed E-state index contributed by atoms with van der Waals surface area (Å²) in [4.78, 5) is 0. The summed E-state index contributed by atoms with van der Waals surface area (Å²) in [5.41, 5.74) is 0. The number of aliphatic hydroxyl groups is 1. The zero-order valence-electron chi connectivity index (χ0n) is 5.39. The summed E-state index contributed by atoms with van der Waals surface area (Å²) in [5, 5.41) is 8.58. The highest BCUT2D eigenvalue weighted by atomic mass is 127. The second-order valence-electron chi connectivity index (χ2n) is 2.41. The van der Waals surface area contributed by atoms with Gasteiger partial charge >= 0.3 is 0 Å². The molecule has 0 saturated heterocycles. The lowest BCUT2D eigenvalue weighted by Crippen LogP contribution is -2.06. The molecule has 1 N–H and O–H groups in total. The van der Waals surface area contributed by atoms with Gasteiger partial charge in [0.1, 0.15) is 0 Å². The summed E-state index contributed by atoms with van der Waals surface area (Å²) in [6.45, 7) is 4.65. The molecule has 0 spiro atoms. The van der Waals surface area contributed by atoms with Gasteiger partial charge in [0.15, 0.2) is 0 Å². The van der Waals surface area contributed by atoms with E-state index in [0.717, 1.165) is 6.42 Å². The van der Waals surface area contributed by atoms with Gasteiger partial charge in [-0.2, -0.15) is 0 Å². The highest BCUT2D eigenvalue weighted by Gasteiger charge is 2.02. The predicted molar refractivity (Wildman–Crippen MR) is 44.3 cm³/mol. The molecule has 0 aliphatic carbocycles. The highest BCUT2D eigenvalue weighted by molar-refractivity contribution is 14.1. The van der Waals surface area contributed by atoms with Gasteiger partial charge in [-0.25, -0.2) is 0 Å². The van der Waals surface area contributed by atoms with Crippen molar-refractivity contribution >= 4 is 22.6 Å². The van der Waals surface area contributed by atoms with Crippen molar-refractivity contribution < 1.29 is 5.11 Å². The Morgan fingerprint density at radius 2 is 2.00 bits per heavy atom. The molecule has 0 aliphatic heterocycles. The maximum absolute atomic E-state index is 8.58. The number of alkyl halides is 1. The first-order valence-corrected chi connectivity index (χ1v) is 4.16. The van der Waals surface area contributed by atoms with Crippen molar-refractivity contribution in [3.05, 3.63) is 0 Å². The Balaban J connectivity index is 3.10. The van der Waals surface area contributed by atoms with Gasteiger partial charge in [-0.1, -0.05) is 36.4 Å². The third-order valence-electron chi connectivity index (χ3n) is 0.925. The molecule has 0 bridgehead atoms. The van der Waals surface area contributed by atoms with E-state index in [2.05, 4.69) is 36.4 Å². The van der Waals surface area contributed by atoms with Gasteiger partial charge < -0.3 is 5.11 Å². The van der Waals surface area contributed by atoms with E-state index in [1.165, 1.54) is 0 Å². The maximum atomic E-state index is 8.58. The Morgan fingerprint density at radius 3 is 2.12 bits per heavy atom. The smallest absolute Gasteiger partial charge is 0.0549 e. The Hall–Kier alpha value is 0.690. The van der Waals surface area contributed by atoms with Crippen LogP contribution in [0.25, 0.3) is 0 Å². The van der Waals surface area contributed by atoms with E-state index in [1.807, 2.05) is 0 Å². The van der Waals surface area contributed by atoms with Gasteiger partial charge in [-0.15, -0.1) is 0 Å². The molecule has 50 valence electrons. The fourth-order valence-corrected chi connectivity index (χ4v) is 1.60. The molecule has 0 fully saturated rings. The molecule has 0 aromatic carbocycles. The van der Waals surface area contributed by atoms with E-state index >= 15 is 0 Å². The molecular weight excluding hydrogens is 215 g/mol. The van der Waals surface area contributed by atoms with Gasteiger partial charge in [0.2, 0.25) is 0 Å². The van der Waals surface area contributed by atoms with Crippen LogP contribution in [0.15, 0.2) is 0 Å². The Kier molecular flexibility index (Phi) is 4.95. The molecule has 0 heterocycles. The molecule has 0 saturated carbocycles. The summed E-state index contributed by atoms with van der Waals surface area (Å²) in [7, 11) is 0. The molecule has 0 aromatic heterocycles. The standard InChI is InChI=1S/C6H13IO/c1-5(2)3-6(7)4-8/h5-6,8H,3-4H2,1-2H3. The molecule has 0 aromatic rings. The van der Waals surface area contributed by atoms with Gasteiger partial charge in [-0.3, -0.25) is 0 Å². The largest absolute Gasteiger partial charge is 0.395 e. The van der Waals surface area contributed by atoms with E-state index in [1.54, 1.807) is 0 Å². The Labute approximate surface area is 64.6 Å². The van der Waals surface area contributed by atoms with Crippen molar-refractivity contribution in [1.82, 2.24) is 0 Å². The normalized spacial score (nSPS) is 14.6. The Morgan fingerprint density at radius 1 is 1.50 bits per heavy atom. The zero-order valence-corrected chi connectivity index (χ0v) is 7.55. The van der Waals surface area contributed by atoms with E-state index in [9.17, 15) is 0 Å². The molecule has 0 amide bonds. The van der Waals surface area contributed by atoms with Crippen molar-refractivity contribution in [1.29, 1.82) is 0 Å². The molecule has 1 nitrogen and oxygen atoms in total. The fraction of sp³-hybridized carbons (Fsp3) is 1.00. The van der Waals surface area contributed by atoms with Crippen LogP contribution in [0.1, 0.15) is 20.3 Å². The fourth-order valence-electron chi connectivity index (χ4n) is 0.586. The van der Waals surface area contributed by atoms with Crippen LogP contribution < -0.4 is 0 Å². The zero-order chi connectivity index (χ0) is 6.57. The molecule has 0 radical (unpaired) electrons. The van der Waals surface area contributed by atoms with E-state index < -0.39 is 0 Å². The van der Waals surface area contributed by atoms with Crippen LogP contribution in [0, 0.1) is 5.92 Å². The first-order chi connectivity index (χ1) is 3.66. The lowest BCUT2D eigenvalue weighted by molar-refractivity contribution is 0.288. The van der Waals surface area contributed by atoms with Gasteiger partial charge in [0, 0.05) is 3.92 Å². The van der Waals surface area contributed by atoms with Crippen molar-refractivity contribution in [2.45, 2.75) is 24.2 Å². The maximum Gasteiger partial charge on any atom is 0.0549 e. The van der Waals surface area contributed by atoms with E-state index in [-0.39, 0.29) is 0 Å². The molecule has 1 unspecified atom stereocenters. The number of aliphatic hydroxyl groups excluding tert-OH is 1. The van der Waals surface area contributed by atoms with E-state index in [4.69, 9.17) is 5.11 Å². The van der Waals surface area contributed by atoms with Crippen molar-refractivity contribution in [2.75, 3.05) is 6.61 Å². The van der Waals surface area contributed by atoms with Crippen LogP contribution in [-0.2, 0) is 0 Å². The van der Waals surface area contributed by atoms with E-state index in [0.29, 0.717) is 16.4 Å². The third kappa shape index (κ3) is 4.84. The topological polar surface area (TPSA) is 20.2 Å². The highest BCUT2D eigenvalue weighted by Crippen LogP contribution is 2.11. The van der Waals surface area contributed by atoms with Crippen LogP contribution in [0.3, 0.4) is 0 Å². The number of halogens is 1. The molecule has 0 aliphatic rings. The molecule has 1 atom stereocenters. The van der Waals surface area contributed by atoms with Gasteiger partial charge in [0.05, 0.1) is 6.61 Å². The lowest BCUT2D eigenvalue weighted by atomic mass is 10.1. The van der Waals surface area contributed by atoms with Crippen LogP contribution >= 0.6 is 22.6 Å². The molecular formula is C6H13IO. The third-order valence-corrected chi connectivity index (χ3v) is 1.83. The second kappa shape index (κ2) is 4.56. The molecule has 2 heteroatoms. The first kappa shape index (κ1) is 8.69. The predicted octanol–water partition coefficient (Wildman–Crippen LogP) is 1.83. The first-order valence-electron chi connectivity index (χ1n) is 2.91. The minimum Gasteiger partial charge on any atom is -0.395 e. The summed E-state index contributed by atoms with van der Waals surface area (Å²) in [6, 6.07) is 0. The number of hydrogen-bond acceptors (Lipinski definition) is 1. The summed E-state index contributed by atoms with van der Waals surface area (Å²) < 4.78 is 0.451. The van der Waals surface area contributed by atoms with Crippen molar-refractivity contribution in [3.8, 4) is 0 Å². The average molecular weight is 228 g/mol. The van der Waals surface area contributed by atoms with Gasteiger partial charge in [0.25, 0.3) is 0 Å². The number of rotatable bonds is 3. The second-order valence-corrected chi connectivity index (χ2v) is 4.17. The van der Waals surface area contributed by atoms with Crippen molar-refractivity contribution in [3.63, 3.8) is 0 Å². The minimum absolute atomic E-state index is 0.318. The van der Waals surface area contributed by atoms with Crippen LogP contribution in [0.4, 0.5) is 0 Å². The average Bonchev–Trinajstić information content (AvgIpc) is 1.65. The summed E-state index contributed by atoms with van der Waals surface area (Å²) >= 11 is 2.27. The summed E-state index contributed by atoms with van der Waals surface area (Å²) in [5.74, 6) is 0.712. The monoisotopic (exact) mass is 228 g/mol. The van der Waals surface area contributed by atoms with Crippen molar-refractivity contribution in [2.24, 2.45) is 5.92 Å². The summed E-state index contributed by atoms with van der Waals surface area (Å²) in [6.07, 6.45) is 1.12. The quantitative estimate of drug-likeness (QED) is 0.577. The Bertz CT molecular complexity index is 54.5. The molecule has 0 rings (SSSR count). The van der Waals surface area contributed by atoms with Crippen LogP contribution in [0.2, 0.25) is 0 Å². The molecule has 8 heavy (non-hydrogen) atoms. The van der Waals surface area contributed by atoms with Gasteiger partial charge in [-0.05, 0) is 12.3 Å². The van der Waals surface area contributed by atoms with Crippen LogP contribution in [-0.4, -0.2) is 15.6 Å². The number of hydrogen-bond donors (Lipinski definition) is 1.